The van der Waals surface area contributed by atoms with Gasteiger partial charge >= 0.3 is 0 Å². The van der Waals surface area contributed by atoms with E-state index in [9.17, 15) is 9.59 Å². The molecule has 3 unspecified atom stereocenters. The van der Waals surface area contributed by atoms with Gasteiger partial charge in [-0.3, -0.25) is 9.59 Å². The summed E-state index contributed by atoms with van der Waals surface area (Å²) in [6.07, 6.45) is 9.96. The van der Waals surface area contributed by atoms with E-state index in [4.69, 9.17) is 5.73 Å². The Morgan fingerprint density at radius 2 is 1.97 bits per heavy atom. The molecule has 0 bridgehead atoms. The summed E-state index contributed by atoms with van der Waals surface area (Å²) >= 11 is 0. The van der Waals surface area contributed by atoms with E-state index >= 15 is 0 Å². The molecule has 3 rings (SSSR count). The number of fused-ring (bicyclic) bond motifs is 1. The number of aromatic nitrogens is 2. The average molecular weight is 442 g/mol. The maximum Gasteiger partial charge on any atom is 0.241 e. The lowest BCUT2D eigenvalue weighted by atomic mass is 9.76. The minimum Gasteiger partial charge on any atom is -0.368 e. The number of nitrogens with two attached hydrogens (primary N) is 1. The molecule has 2 amide bonds. The molecule has 0 aliphatic heterocycles. The maximum absolute atomic E-state index is 13.2. The number of nitrogens with one attached hydrogen (secondary N) is 3. The van der Waals surface area contributed by atoms with Crippen molar-refractivity contribution < 1.29 is 9.59 Å². The summed E-state index contributed by atoms with van der Waals surface area (Å²) in [6, 6.07) is 7.92. The molecule has 176 valence electrons. The Kier molecular flexibility index (Phi) is 9.91. The Morgan fingerprint density at radius 3 is 2.50 bits per heavy atom. The number of carbonyl (C=O) groups is 2. The third-order valence-electron chi connectivity index (χ3n) is 6.16. The number of unbranched alkanes of at least 4 members (excludes halogenated alkanes) is 1. The zero-order valence-corrected chi connectivity index (χ0v) is 19.9. The zero-order chi connectivity index (χ0) is 23.6. The van der Waals surface area contributed by atoms with E-state index in [0.717, 1.165) is 44.2 Å². The second-order valence-electron chi connectivity index (χ2n) is 8.75. The van der Waals surface area contributed by atoms with Crippen LogP contribution >= 0.6 is 0 Å². The number of nitrogens with zero attached hydrogens (tertiary/aromatic N) is 1. The fourth-order valence-electron chi connectivity index (χ4n) is 4.07. The number of aryl methyl sites for hydroxylation is 2. The molecule has 5 N–H and O–H groups in total. The van der Waals surface area contributed by atoms with Gasteiger partial charge in [0, 0.05) is 17.9 Å². The van der Waals surface area contributed by atoms with Crippen molar-refractivity contribution in [1.29, 1.82) is 0 Å². The van der Waals surface area contributed by atoms with Crippen molar-refractivity contribution in [3.8, 4) is 0 Å². The van der Waals surface area contributed by atoms with Crippen LogP contribution in [0.15, 0.2) is 36.8 Å². The zero-order valence-electron chi connectivity index (χ0n) is 19.9. The normalized spacial score (nSPS) is 19.1. The quantitative estimate of drug-likeness (QED) is 0.479. The van der Waals surface area contributed by atoms with Crippen LogP contribution in [-0.4, -0.2) is 39.4 Å². The Balaban J connectivity index is 0.000000520. The molecule has 2 aromatic rings. The number of primary amides is 1. The van der Waals surface area contributed by atoms with E-state index in [0.29, 0.717) is 6.42 Å². The van der Waals surface area contributed by atoms with Gasteiger partial charge in [-0.25, -0.2) is 4.98 Å². The Labute approximate surface area is 192 Å². The first-order valence-electron chi connectivity index (χ1n) is 11.7. The van der Waals surface area contributed by atoms with Crippen LogP contribution in [0.3, 0.4) is 0 Å². The van der Waals surface area contributed by atoms with E-state index in [2.05, 4.69) is 46.6 Å². The molecule has 7 heteroatoms. The topological polar surface area (TPSA) is 113 Å². The molecule has 1 aliphatic carbocycles. The number of aromatic amines is 1. The van der Waals surface area contributed by atoms with Crippen molar-refractivity contribution in [1.82, 2.24) is 20.6 Å². The molecule has 3 atom stereocenters. The predicted molar refractivity (Wildman–Crippen MR) is 128 cm³/mol. The molecule has 32 heavy (non-hydrogen) atoms. The third kappa shape index (κ3) is 7.19. The molecule has 1 heterocycles. The average Bonchev–Trinajstić information content (AvgIpc) is 3.27. The van der Waals surface area contributed by atoms with Crippen LogP contribution in [0.5, 0.6) is 0 Å². The van der Waals surface area contributed by atoms with Gasteiger partial charge in [0.15, 0.2) is 0 Å². The van der Waals surface area contributed by atoms with Gasteiger partial charge < -0.3 is 21.4 Å². The highest BCUT2D eigenvalue weighted by Crippen LogP contribution is 2.30. The van der Waals surface area contributed by atoms with Gasteiger partial charge in [-0.2, -0.15) is 0 Å². The van der Waals surface area contributed by atoms with Crippen molar-refractivity contribution in [2.24, 2.45) is 5.73 Å². The number of benzene rings is 1. The maximum atomic E-state index is 13.2. The lowest BCUT2D eigenvalue weighted by Gasteiger charge is -2.41. The highest BCUT2D eigenvalue weighted by Gasteiger charge is 2.42. The first-order chi connectivity index (χ1) is 15.3. The minimum absolute atomic E-state index is 0.117. The number of H-pyrrole nitrogens is 1. The molecule has 1 aliphatic rings. The molecule has 0 radical (unpaired) electrons. The van der Waals surface area contributed by atoms with Gasteiger partial charge in [-0.15, -0.1) is 0 Å². The van der Waals surface area contributed by atoms with E-state index in [-0.39, 0.29) is 11.9 Å². The fourth-order valence-corrected chi connectivity index (χ4v) is 4.07. The van der Waals surface area contributed by atoms with Gasteiger partial charge in [-0.05, 0) is 57.1 Å². The SMILES string of the molecule is CCCCC(CC)NC1(C(=O)NC(C)C(N)=O)CCc2ccccc2C1.Cc1cnc[nH]1. The smallest absolute Gasteiger partial charge is 0.241 e. The molecular weight excluding hydrogens is 402 g/mol. The molecule has 1 aromatic heterocycles. The monoisotopic (exact) mass is 441 g/mol. The van der Waals surface area contributed by atoms with Gasteiger partial charge in [0.1, 0.15) is 11.6 Å². The van der Waals surface area contributed by atoms with E-state index < -0.39 is 17.5 Å². The number of amides is 2. The Hall–Kier alpha value is -2.67. The van der Waals surface area contributed by atoms with Crippen LogP contribution in [0.25, 0.3) is 0 Å². The van der Waals surface area contributed by atoms with Gasteiger partial charge in [0.05, 0.1) is 6.33 Å². The summed E-state index contributed by atoms with van der Waals surface area (Å²) < 4.78 is 0. The molecule has 7 nitrogen and oxygen atoms in total. The van der Waals surface area contributed by atoms with Crippen LogP contribution in [0.2, 0.25) is 0 Å². The molecular formula is C25H39N5O2. The number of carbonyl (C=O) groups excluding carboxylic acids is 2. The summed E-state index contributed by atoms with van der Waals surface area (Å²) in [5.41, 5.74) is 8.29. The third-order valence-corrected chi connectivity index (χ3v) is 6.16. The Morgan fingerprint density at radius 1 is 1.25 bits per heavy atom. The fraction of sp³-hybridized carbons (Fsp3) is 0.560. The van der Waals surface area contributed by atoms with Crippen molar-refractivity contribution >= 4 is 11.8 Å². The molecule has 0 spiro atoms. The summed E-state index contributed by atoms with van der Waals surface area (Å²) in [5.74, 6) is -0.629. The summed E-state index contributed by atoms with van der Waals surface area (Å²) in [5, 5.41) is 6.51. The molecule has 0 saturated heterocycles. The van der Waals surface area contributed by atoms with Crippen LogP contribution in [0.1, 0.15) is 69.7 Å². The first kappa shape index (κ1) is 25.6. The second kappa shape index (κ2) is 12.4. The Bertz CT molecular complexity index is 852. The van der Waals surface area contributed by atoms with Crippen molar-refractivity contribution in [3.05, 3.63) is 53.6 Å². The largest absolute Gasteiger partial charge is 0.368 e. The van der Waals surface area contributed by atoms with Gasteiger partial charge in [-0.1, -0.05) is 51.0 Å². The van der Waals surface area contributed by atoms with E-state index in [1.165, 1.54) is 11.1 Å². The lowest BCUT2D eigenvalue weighted by molar-refractivity contribution is -0.132. The first-order valence-corrected chi connectivity index (χ1v) is 11.7. The van der Waals surface area contributed by atoms with Crippen LogP contribution < -0.4 is 16.4 Å². The minimum atomic E-state index is -0.688. The van der Waals surface area contributed by atoms with Crippen LogP contribution in [0.4, 0.5) is 0 Å². The van der Waals surface area contributed by atoms with Gasteiger partial charge in [0.2, 0.25) is 11.8 Å². The number of hydrogen-bond acceptors (Lipinski definition) is 4. The highest BCUT2D eigenvalue weighted by molar-refractivity contribution is 5.92. The van der Waals surface area contributed by atoms with Crippen LogP contribution in [0, 0.1) is 6.92 Å². The standard InChI is InChI=1S/C21H33N3O2.C4H6N2/c1-4-6-11-18(5-2)24-21(20(26)23-15(3)19(22)25)13-12-16-9-7-8-10-17(16)14-21;1-4-2-5-3-6-4/h7-10,15,18,24H,4-6,11-14H2,1-3H3,(H2,22,25)(H,23,26);2-3H,1H3,(H,5,6). The predicted octanol–water partition coefficient (Wildman–Crippen LogP) is 3.18. The summed E-state index contributed by atoms with van der Waals surface area (Å²) in [7, 11) is 0. The van der Waals surface area contributed by atoms with Gasteiger partial charge in [0.25, 0.3) is 0 Å². The summed E-state index contributed by atoms with van der Waals surface area (Å²) in [4.78, 5) is 31.3. The van der Waals surface area contributed by atoms with E-state index in [1.54, 1.807) is 19.4 Å². The molecule has 0 fully saturated rings. The molecule has 1 aromatic carbocycles. The number of rotatable bonds is 9. The van der Waals surface area contributed by atoms with Crippen molar-refractivity contribution in [2.45, 2.75) is 90.3 Å². The van der Waals surface area contributed by atoms with E-state index in [1.807, 2.05) is 19.1 Å². The van der Waals surface area contributed by atoms with Crippen molar-refractivity contribution in [2.75, 3.05) is 0 Å². The van der Waals surface area contributed by atoms with Crippen molar-refractivity contribution in [3.63, 3.8) is 0 Å². The number of hydrogen-bond donors (Lipinski definition) is 4. The highest BCUT2D eigenvalue weighted by atomic mass is 16.2. The number of imidazole rings is 1. The summed E-state index contributed by atoms with van der Waals surface area (Å²) in [6.45, 7) is 7.94. The van der Waals surface area contributed by atoms with Crippen LogP contribution in [-0.2, 0) is 22.4 Å². The second-order valence-corrected chi connectivity index (χ2v) is 8.75. The lowest BCUT2D eigenvalue weighted by Crippen LogP contribution is -2.64. The molecule has 0 saturated carbocycles.